The number of likely N-dealkylation sites (N-methyl/N-ethyl adjacent to an activating group) is 1. The van der Waals surface area contributed by atoms with Crippen LogP contribution in [-0.4, -0.2) is 13.6 Å². The standard InChI is InChI=1S/C12H17N.C8H10.2C2H6/c1-4-11(9-13-3)12-8-6-5-7-10(12)2;1-7-5-3-4-6-8(7)2;2*1-2/h4-8,13H,9H2,1-3H3;3-6H,1-2H3;2*1-2H3/b11-4+;;;. The molecular weight excluding hydrogens is 302 g/mol. The fourth-order valence-corrected chi connectivity index (χ4v) is 2.14. The third kappa shape index (κ3) is 10.6. The first-order valence-electron chi connectivity index (χ1n) is 9.48. The zero-order valence-electron chi connectivity index (χ0n) is 17.9. The Morgan fingerprint density at radius 1 is 0.760 bits per heavy atom. The molecule has 0 heterocycles. The molecule has 140 valence electrons. The fourth-order valence-electron chi connectivity index (χ4n) is 2.14. The van der Waals surface area contributed by atoms with Crippen molar-refractivity contribution in [3.8, 4) is 0 Å². The van der Waals surface area contributed by atoms with Gasteiger partial charge in [0.15, 0.2) is 0 Å². The second-order valence-electron chi connectivity index (χ2n) is 5.24. The largest absolute Gasteiger partial charge is 0.316 e. The summed E-state index contributed by atoms with van der Waals surface area (Å²) < 4.78 is 0. The van der Waals surface area contributed by atoms with Crippen molar-refractivity contribution in [2.45, 2.75) is 55.4 Å². The topological polar surface area (TPSA) is 12.0 Å². The maximum Gasteiger partial charge on any atom is 0.0205 e. The molecule has 25 heavy (non-hydrogen) atoms. The summed E-state index contributed by atoms with van der Waals surface area (Å²) in [5.74, 6) is 0. The van der Waals surface area contributed by atoms with E-state index in [1.165, 1.54) is 27.8 Å². The lowest BCUT2D eigenvalue weighted by Gasteiger charge is -2.09. The van der Waals surface area contributed by atoms with Gasteiger partial charge < -0.3 is 5.32 Å². The van der Waals surface area contributed by atoms with Crippen LogP contribution in [0.1, 0.15) is 56.9 Å². The molecule has 1 heteroatoms. The minimum Gasteiger partial charge on any atom is -0.316 e. The highest BCUT2D eigenvalue weighted by molar-refractivity contribution is 5.69. The summed E-state index contributed by atoms with van der Waals surface area (Å²) >= 11 is 0. The molecule has 0 atom stereocenters. The highest BCUT2D eigenvalue weighted by Gasteiger charge is 2.01. The van der Waals surface area contributed by atoms with Crippen LogP contribution in [0.2, 0.25) is 0 Å². The third-order valence-electron chi connectivity index (χ3n) is 3.63. The summed E-state index contributed by atoms with van der Waals surface area (Å²) in [6.45, 7) is 17.4. The zero-order chi connectivity index (χ0) is 19.7. The Morgan fingerprint density at radius 3 is 1.48 bits per heavy atom. The molecule has 0 amide bonds. The first-order valence-corrected chi connectivity index (χ1v) is 9.48. The molecule has 2 aromatic rings. The summed E-state index contributed by atoms with van der Waals surface area (Å²) in [5.41, 5.74) is 6.78. The van der Waals surface area contributed by atoms with Crippen LogP contribution in [0.3, 0.4) is 0 Å². The van der Waals surface area contributed by atoms with Crippen LogP contribution in [0.4, 0.5) is 0 Å². The Morgan fingerprint density at radius 2 is 1.16 bits per heavy atom. The van der Waals surface area contributed by atoms with Crippen molar-refractivity contribution < 1.29 is 0 Å². The van der Waals surface area contributed by atoms with Crippen LogP contribution in [0.15, 0.2) is 54.6 Å². The van der Waals surface area contributed by atoms with Gasteiger partial charge in [-0.3, -0.25) is 0 Å². The van der Waals surface area contributed by atoms with Gasteiger partial charge in [0.05, 0.1) is 0 Å². The van der Waals surface area contributed by atoms with Gasteiger partial charge >= 0.3 is 0 Å². The van der Waals surface area contributed by atoms with Gasteiger partial charge in [-0.05, 0) is 62.6 Å². The number of hydrogen-bond donors (Lipinski definition) is 1. The molecule has 0 aliphatic heterocycles. The molecule has 0 aliphatic rings. The molecule has 0 spiro atoms. The van der Waals surface area contributed by atoms with E-state index in [1.807, 2.05) is 34.7 Å². The molecule has 0 saturated carbocycles. The molecule has 0 aliphatic carbocycles. The van der Waals surface area contributed by atoms with Crippen LogP contribution < -0.4 is 5.32 Å². The van der Waals surface area contributed by atoms with Crippen molar-refractivity contribution in [3.05, 3.63) is 76.9 Å². The number of nitrogens with one attached hydrogen (secondary N) is 1. The monoisotopic (exact) mass is 341 g/mol. The Balaban J connectivity index is 0. The van der Waals surface area contributed by atoms with Gasteiger partial charge in [0.2, 0.25) is 0 Å². The minimum atomic E-state index is 0.932. The molecule has 1 N–H and O–H groups in total. The predicted octanol–water partition coefficient (Wildman–Crippen LogP) is 6.97. The summed E-state index contributed by atoms with van der Waals surface area (Å²) in [4.78, 5) is 0. The number of benzene rings is 2. The molecule has 0 radical (unpaired) electrons. The first-order chi connectivity index (χ1) is 12.1. The molecule has 2 aromatic carbocycles. The third-order valence-corrected chi connectivity index (χ3v) is 3.63. The molecule has 0 fully saturated rings. The highest BCUT2D eigenvalue weighted by Crippen LogP contribution is 2.17. The van der Waals surface area contributed by atoms with E-state index in [4.69, 9.17) is 0 Å². The van der Waals surface area contributed by atoms with E-state index in [0.717, 1.165) is 6.54 Å². The van der Waals surface area contributed by atoms with Gasteiger partial charge in [0.25, 0.3) is 0 Å². The van der Waals surface area contributed by atoms with E-state index in [9.17, 15) is 0 Å². The Bertz CT molecular complexity index is 561. The second kappa shape index (κ2) is 17.0. The van der Waals surface area contributed by atoms with Crippen molar-refractivity contribution >= 4 is 5.57 Å². The lowest BCUT2D eigenvalue weighted by atomic mass is 10.0. The average molecular weight is 342 g/mol. The van der Waals surface area contributed by atoms with Gasteiger partial charge in [-0.1, -0.05) is 82.3 Å². The molecule has 0 saturated heterocycles. The zero-order valence-corrected chi connectivity index (χ0v) is 17.9. The number of hydrogen-bond acceptors (Lipinski definition) is 1. The maximum absolute atomic E-state index is 3.18. The highest BCUT2D eigenvalue weighted by atomic mass is 14.8. The molecule has 0 aromatic heterocycles. The van der Waals surface area contributed by atoms with Crippen molar-refractivity contribution in [2.24, 2.45) is 0 Å². The van der Waals surface area contributed by atoms with Crippen LogP contribution in [0, 0.1) is 20.8 Å². The van der Waals surface area contributed by atoms with E-state index in [2.05, 4.69) is 87.6 Å². The normalized spacial score (nSPS) is 9.56. The van der Waals surface area contributed by atoms with Crippen molar-refractivity contribution in [2.75, 3.05) is 13.6 Å². The van der Waals surface area contributed by atoms with Crippen molar-refractivity contribution in [3.63, 3.8) is 0 Å². The smallest absolute Gasteiger partial charge is 0.0205 e. The lowest BCUT2D eigenvalue weighted by molar-refractivity contribution is 0.929. The van der Waals surface area contributed by atoms with E-state index in [1.54, 1.807) is 0 Å². The SMILES string of the molecule is C/C=C(\CNC)c1ccccc1C.CC.CC.Cc1ccccc1C. The maximum atomic E-state index is 3.18. The van der Waals surface area contributed by atoms with E-state index in [-0.39, 0.29) is 0 Å². The van der Waals surface area contributed by atoms with Crippen LogP contribution in [0.5, 0.6) is 0 Å². The van der Waals surface area contributed by atoms with Crippen LogP contribution in [-0.2, 0) is 0 Å². The van der Waals surface area contributed by atoms with Crippen molar-refractivity contribution in [1.82, 2.24) is 5.32 Å². The molecule has 0 bridgehead atoms. The van der Waals surface area contributed by atoms with Gasteiger partial charge in [-0.2, -0.15) is 0 Å². The molecular formula is C24H39N. The minimum absolute atomic E-state index is 0.932. The van der Waals surface area contributed by atoms with Gasteiger partial charge in [0.1, 0.15) is 0 Å². The Labute approximate surface area is 157 Å². The lowest BCUT2D eigenvalue weighted by Crippen LogP contribution is -2.10. The van der Waals surface area contributed by atoms with E-state index < -0.39 is 0 Å². The predicted molar refractivity (Wildman–Crippen MR) is 117 cm³/mol. The average Bonchev–Trinajstić information content (AvgIpc) is 2.67. The fraction of sp³-hybridized carbons (Fsp3) is 0.417. The quantitative estimate of drug-likeness (QED) is 0.635. The Hall–Kier alpha value is -1.86. The van der Waals surface area contributed by atoms with Crippen LogP contribution >= 0.6 is 0 Å². The summed E-state index contributed by atoms with van der Waals surface area (Å²) in [6.07, 6.45) is 2.17. The van der Waals surface area contributed by atoms with Gasteiger partial charge in [-0.25, -0.2) is 0 Å². The van der Waals surface area contributed by atoms with E-state index >= 15 is 0 Å². The molecule has 0 unspecified atom stereocenters. The Kier molecular flexibility index (Phi) is 17.2. The summed E-state index contributed by atoms with van der Waals surface area (Å²) in [5, 5.41) is 3.18. The molecule has 2 rings (SSSR count). The first kappa shape index (κ1) is 25.4. The number of rotatable bonds is 3. The van der Waals surface area contributed by atoms with Gasteiger partial charge in [0, 0.05) is 6.54 Å². The summed E-state index contributed by atoms with van der Waals surface area (Å²) in [6, 6.07) is 16.8. The number of allylic oxidation sites excluding steroid dienone is 1. The summed E-state index contributed by atoms with van der Waals surface area (Å²) in [7, 11) is 1.97. The number of aryl methyl sites for hydroxylation is 3. The second-order valence-corrected chi connectivity index (χ2v) is 5.24. The van der Waals surface area contributed by atoms with Crippen molar-refractivity contribution in [1.29, 1.82) is 0 Å². The molecule has 1 nitrogen and oxygen atoms in total. The van der Waals surface area contributed by atoms with Crippen LogP contribution in [0.25, 0.3) is 5.57 Å². The van der Waals surface area contributed by atoms with Gasteiger partial charge in [-0.15, -0.1) is 0 Å². The van der Waals surface area contributed by atoms with E-state index in [0.29, 0.717) is 0 Å².